The van der Waals surface area contributed by atoms with Gasteiger partial charge in [-0.2, -0.15) is 0 Å². The van der Waals surface area contributed by atoms with Gasteiger partial charge in [0.05, 0.1) is 6.61 Å². The van der Waals surface area contributed by atoms with Gasteiger partial charge < -0.3 is 10.1 Å². The number of aryl methyl sites for hydroxylation is 2. The van der Waals surface area contributed by atoms with Crippen LogP contribution < -0.4 is 10.1 Å². The van der Waals surface area contributed by atoms with Crippen molar-refractivity contribution in [2.24, 2.45) is 17.8 Å². The fraction of sp³-hybridized carbons (Fsp3) is 0.667. The second-order valence-corrected chi connectivity index (χ2v) is 6.84. The normalized spacial score (nSPS) is 28.1. The summed E-state index contributed by atoms with van der Waals surface area (Å²) in [5, 5.41) is 3.21. The lowest BCUT2D eigenvalue weighted by molar-refractivity contribution is 0.193. The van der Waals surface area contributed by atoms with Gasteiger partial charge in [0.15, 0.2) is 0 Å². The molecule has 1 N–H and O–H groups in total. The molecule has 20 heavy (non-hydrogen) atoms. The summed E-state index contributed by atoms with van der Waals surface area (Å²) in [7, 11) is 1.99. The van der Waals surface area contributed by atoms with Crippen LogP contribution in [-0.2, 0) is 6.54 Å². The lowest BCUT2D eigenvalue weighted by Crippen LogP contribution is -2.19. The van der Waals surface area contributed by atoms with Crippen LogP contribution in [0.3, 0.4) is 0 Å². The summed E-state index contributed by atoms with van der Waals surface area (Å²) in [6, 6.07) is 4.50. The Morgan fingerprint density at radius 1 is 1.15 bits per heavy atom. The van der Waals surface area contributed by atoms with Gasteiger partial charge in [0.1, 0.15) is 5.75 Å². The molecule has 2 bridgehead atoms. The molecule has 0 aromatic heterocycles. The van der Waals surface area contributed by atoms with E-state index in [9.17, 15) is 0 Å². The molecule has 0 saturated heterocycles. The van der Waals surface area contributed by atoms with Crippen molar-refractivity contribution >= 4 is 0 Å². The van der Waals surface area contributed by atoms with Crippen LogP contribution >= 0.6 is 0 Å². The maximum atomic E-state index is 6.22. The third-order valence-corrected chi connectivity index (χ3v) is 5.23. The van der Waals surface area contributed by atoms with E-state index in [0.29, 0.717) is 0 Å². The second-order valence-electron chi connectivity index (χ2n) is 6.84. The van der Waals surface area contributed by atoms with Gasteiger partial charge in [0.2, 0.25) is 0 Å². The third-order valence-electron chi connectivity index (χ3n) is 5.23. The highest BCUT2D eigenvalue weighted by atomic mass is 16.5. The first-order valence-electron chi connectivity index (χ1n) is 8.05. The molecule has 3 rings (SSSR count). The van der Waals surface area contributed by atoms with E-state index >= 15 is 0 Å². The van der Waals surface area contributed by atoms with E-state index < -0.39 is 0 Å². The molecule has 2 heteroatoms. The SMILES string of the molecule is CNCc1cc(C)c(OCC2CC3CCC2C3)c(C)c1. The van der Waals surface area contributed by atoms with Crippen molar-refractivity contribution in [1.29, 1.82) is 0 Å². The molecule has 3 unspecified atom stereocenters. The van der Waals surface area contributed by atoms with Gasteiger partial charge in [0, 0.05) is 6.54 Å². The van der Waals surface area contributed by atoms with Gasteiger partial charge in [-0.25, -0.2) is 0 Å². The Labute approximate surface area is 122 Å². The minimum Gasteiger partial charge on any atom is -0.493 e. The zero-order valence-corrected chi connectivity index (χ0v) is 13.0. The number of ether oxygens (including phenoxy) is 1. The Morgan fingerprint density at radius 2 is 1.90 bits per heavy atom. The Kier molecular flexibility index (Phi) is 4.02. The standard InChI is InChI=1S/C18H27NO/c1-12-6-15(10-19-3)7-13(2)18(12)20-11-17-9-14-4-5-16(17)8-14/h6-7,14,16-17,19H,4-5,8-11H2,1-3H3. The summed E-state index contributed by atoms with van der Waals surface area (Å²) in [6.45, 7) is 6.19. The Hall–Kier alpha value is -1.02. The van der Waals surface area contributed by atoms with E-state index in [1.165, 1.54) is 42.4 Å². The predicted molar refractivity (Wildman–Crippen MR) is 83.1 cm³/mol. The highest BCUT2D eigenvalue weighted by molar-refractivity contribution is 5.43. The van der Waals surface area contributed by atoms with Gasteiger partial charge >= 0.3 is 0 Å². The molecule has 0 amide bonds. The molecule has 0 aliphatic heterocycles. The zero-order chi connectivity index (χ0) is 14.1. The van der Waals surface area contributed by atoms with E-state index in [-0.39, 0.29) is 0 Å². The van der Waals surface area contributed by atoms with Crippen LogP contribution in [0.15, 0.2) is 12.1 Å². The highest BCUT2D eigenvalue weighted by Crippen LogP contribution is 2.48. The summed E-state index contributed by atoms with van der Waals surface area (Å²) < 4.78 is 6.22. The molecule has 0 radical (unpaired) electrons. The van der Waals surface area contributed by atoms with Gasteiger partial charge in [-0.15, -0.1) is 0 Å². The maximum absolute atomic E-state index is 6.22. The smallest absolute Gasteiger partial charge is 0.125 e. The van der Waals surface area contributed by atoms with Gasteiger partial charge in [0.25, 0.3) is 0 Å². The summed E-state index contributed by atoms with van der Waals surface area (Å²) in [5.74, 6) is 3.88. The minimum absolute atomic E-state index is 0.810. The lowest BCUT2D eigenvalue weighted by Gasteiger charge is -2.23. The van der Waals surface area contributed by atoms with Crippen LogP contribution in [0.25, 0.3) is 0 Å². The minimum atomic E-state index is 0.810. The summed E-state index contributed by atoms with van der Waals surface area (Å²) >= 11 is 0. The van der Waals surface area contributed by atoms with Crippen molar-refractivity contribution < 1.29 is 4.74 Å². The molecule has 2 aliphatic rings. The van der Waals surface area contributed by atoms with E-state index in [2.05, 4.69) is 31.3 Å². The van der Waals surface area contributed by atoms with Crippen molar-refractivity contribution in [1.82, 2.24) is 5.32 Å². The molecular formula is C18H27NO. The molecule has 2 saturated carbocycles. The van der Waals surface area contributed by atoms with Gasteiger partial charge in [-0.05, 0) is 74.6 Å². The molecule has 0 spiro atoms. The van der Waals surface area contributed by atoms with Crippen molar-refractivity contribution in [3.63, 3.8) is 0 Å². The molecule has 1 aromatic rings. The molecule has 3 atom stereocenters. The Morgan fingerprint density at radius 3 is 2.45 bits per heavy atom. The summed E-state index contributed by atoms with van der Waals surface area (Å²) in [5.41, 5.74) is 3.89. The Balaban J connectivity index is 1.65. The van der Waals surface area contributed by atoms with Crippen LogP contribution in [-0.4, -0.2) is 13.7 Å². The van der Waals surface area contributed by atoms with Gasteiger partial charge in [-0.3, -0.25) is 0 Å². The van der Waals surface area contributed by atoms with Crippen LogP contribution in [0.1, 0.15) is 42.4 Å². The average molecular weight is 273 g/mol. The van der Waals surface area contributed by atoms with E-state index in [1.807, 2.05) is 7.05 Å². The number of fused-ring (bicyclic) bond motifs is 2. The zero-order valence-electron chi connectivity index (χ0n) is 13.0. The van der Waals surface area contributed by atoms with Crippen LogP contribution in [0.4, 0.5) is 0 Å². The highest BCUT2D eigenvalue weighted by Gasteiger charge is 2.39. The number of rotatable bonds is 5. The molecular weight excluding hydrogens is 246 g/mol. The van der Waals surface area contributed by atoms with Crippen molar-refractivity contribution in [2.75, 3.05) is 13.7 Å². The molecule has 2 nitrogen and oxygen atoms in total. The summed E-state index contributed by atoms with van der Waals surface area (Å²) in [4.78, 5) is 0. The van der Waals surface area contributed by atoms with Crippen LogP contribution in [0.2, 0.25) is 0 Å². The van der Waals surface area contributed by atoms with Crippen molar-refractivity contribution in [3.05, 3.63) is 28.8 Å². The number of hydrogen-bond acceptors (Lipinski definition) is 2. The lowest BCUT2D eigenvalue weighted by atomic mass is 9.89. The van der Waals surface area contributed by atoms with Crippen molar-refractivity contribution in [2.45, 2.75) is 46.1 Å². The molecule has 1 aromatic carbocycles. The quantitative estimate of drug-likeness (QED) is 0.880. The largest absolute Gasteiger partial charge is 0.493 e. The summed E-state index contributed by atoms with van der Waals surface area (Å²) in [6.07, 6.45) is 5.78. The molecule has 110 valence electrons. The third kappa shape index (κ3) is 2.71. The predicted octanol–water partition coefficient (Wildman–Crippen LogP) is 3.84. The number of nitrogens with one attached hydrogen (secondary N) is 1. The first-order valence-corrected chi connectivity index (χ1v) is 8.05. The monoisotopic (exact) mass is 273 g/mol. The van der Waals surface area contributed by atoms with Crippen LogP contribution in [0.5, 0.6) is 5.75 Å². The molecule has 0 heterocycles. The topological polar surface area (TPSA) is 21.3 Å². The second kappa shape index (κ2) is 5.77. The van der Waals surface area contributed by atoms with Crippen LogP contribution in [0, 0.1) is 31.6 Å². The number of benzene rings is 1. The van der Waals surface area contributed by atoms with E-state index in [4.69, 9.17) is 4.74 Å². The molecule has 2 fully saturated rings. The maximum Gasteiger partial charge on any atom is 0.125 e. The van der Waals surface area contributed by atoms with Crippen molar-refractivity contribution in [3.8, 4) is 5.75 Å². The molecule has 2 aliphatic carbocycles. The Bertz CT molecular complexity index is 459. The van der Waals surface area contributed by atoms with E-state index in [0.717, 1.165) is 36.7 Å². The first-order chi connectivity index (χ1) is 9.67. The van der Waals surface area contributed by atoms with E-state index in [1.54, 1.807) is 0 Å². The first kappa shape index (κ1) is 13.9. The number of hydrogen-bond donors (Lipinski definition) is 1. The fourth-order valence-electron chi connectivity index (χ4n) is 4.34. The fourth-order valence-corrected chi connectivity index (χ4v) is 4.34. The average Bonchev–Trinajstić information content (AvgIpc) is 3.00. The van der Waals surface area contributed by atoms with Gasteiger partial charge in [-0.1, -0.05) is 18.6 Å².